The highest BCUT2D eigenvalue weighted by molar-refractivity contribution is 7.99. The van der Waals surface area contributed by atoms with Gasteiger partial charge in [-0.05, 0) is 55.9 Å². The molecule has 1 aromatic carbocycles. The summed E-state index contributed by atoms with van der Waals surface area (Å²) in [7, 11) is 0. The Morgan fingerprint density at radius 2 is 1.72 bits per heavy atom. The molecule has 2 rings (SSSR count). The highest BCUT2D eigenvalue weighted by Crippen LogP contribution is 2.28. The number of anilines is 1. The van der Waals surface area contributed by atoms with Gasteiger partial charge in [-0.25, -0.2) is 0 Å². The Labute approximate surface area is 111 Å². The molecule has 1 fully saturated rings. The van der Waals surface area contributed by atoms with Gasteiger partial charge in [-0.1, -0.05) is 18.7 Å². The Morgan fingerprint density at radius 1 is 1.11 bits per heavy atom. The Bertz CT molecular complexity index is 359. The van der Waals surface area contributed by atoms with Crippen LogP contribution in [0.2, 0.25) is 0 Å². The SMILES string of the molecule is CC1CCC(Nc2ccc(SC(F)F)cc2)CC1. The molecule has 0 radical (unpaired) electrons. The van der Waals surface area contributed by atoms with E-state index in [2.05, 4.69) is 12.2 Å². The number of halogens is 2. The molecule has 0 aliphatic heterocycles. The van der Waals surface area contributed by atoms with Gasteiger partial charge in [0.1, 0.15) is 0 Å². The maximum atomic E-state index is 12.2. The average molecular weight is 271 g/mol. The van der Waals surface area contributed by atoms with Crippen LogP contribution in [-0.4, -0.2) is 11.8 Å². The highest BCUT2D eigenvalue weighted by Gasteiger charge is 2.17. The fraction of sp³-hybridized carbons (Fsp3) is 0.571. The number of benzene rings is 1. The van der Waals surface area contributed by atoms with Crippen LogP contribution in [0.1, 0.15) is 32.6 Å². The topological polar surface area (TPSA) is 12.0 Å². The fourth-order valence-corrected chi connectivity index (χ4v) is 2.87. The first kappa shape index (κ1) is 13.7. The summed E-state index contributed by atoms with van der Waals surface area (Å²) in [5.41, 5.74) is 1.04. The molecule has 1 nitrogen and oxygen atoms in total. The van der Waals surface area contributed by atoms with E-state index < -0.39 is 5.76 Å². The Hall–Kier alpha value is -0.770. The van der Waals surface area contributed by atoms with Crippen molar-refractivity contribution in [2.75, 3.05) is 5.32 Å². The van der Waals surface area contributed by atoms with Crippen LogP contribution in [0.4, 0.5) is 14.5 Å². The summed E-state index contributed by atoms with van der Waals surface area (Å²) < 4.78 is 24.4. The summed E-state index contributed by atoms with van der Waals surface area (Å²) in [5.74, 6) is -1.50. The van der Waals surface area contributed by atoms with Gasteiger partial charge in [0, 0.05) is 16.6 Å². The summed E-state index contributed by atoms with van der Waals surface area (Å²) >= 11 is 0.592. The van der Waals surface area contributed by atoms with E-state index in [1.54, 1.807) is 12.1 Å². The average Bonchev–Trinajstić information content (AvgIpc) is 2.34. The van der Waals surface area contributed by atoms with Crippen LogP contribution in [0.25, 0.3) is 0 Å². The van der Waals surface area contributed by atoms with Crippen LogP contribution in [0.5, 0.6) is 0 Å². The van der Waals surface area contributed by atoms with E-state index in [1.807, 2.05) is 12.1 Å². The molecule has 1 aromatic rings. The molecule has 1 saturated carbocycles. The number of hydrogen-bond acceptors (Lipinski definition) is 2. The zero-order chi connectivity index (χ0) is 13.0. The lowest BCUT2D eigenvalue weighted by Crippen LogP contribution is -2.25. The summed E-state index contributed by atoms with van der Waals surface area (Å²) in [6.45, 7) is 2.30. The summed E-state index contributed by atoms with van der Waals surface area (Å²) in [4.78, 5) is 0.618. The van der Waals surface area contributed by atoms with Gasteiger partial charge in [0.2, 0.25) is 0 Å². The lowest BCUT2D eigenvalue weighted by Gasteiger charge is -2.27. The molecule has 100 valence electrons. The Morgan fingerprint density at radius 3 is 2.28 bits per heavy atom. The largest absolute Gasteiger partial charge is 0.382 e. The molecule has 1 N–H and O–H groups in total. The third-order valence-corrected chi connectivity index (χ3v) is 4.19. The number of rotatable bonds is 4. The molecule has 0 atom stereocenters. The molecule has 0 saturated heterocycles. The van der Waals surface area contributed by atoms with Crippen LogP contribution in [-0.2, 0) is 0 Å². The molecular weight excluding hydrogens is 252 g/mol. The summed E-state index contributed by atoms with van der Waals surface area (Å²) in [6.07, 6.45) is 4.96. The molecule has 0 unspecified atom stereocenters. The van der Waals surface area contributed by atoms with Crippen LogP contribution in [0.3, 0.4) is 0 Å². The minimum atomic E-state index is -2.34. The van der Waals surface area contributed by atoms with Crippen LogP contribution < -0.4 is 5.32 Å². The third kappa shape index (κ3) is 4.16. The second-order valence-corrected chi connectivity index (χ2v) is 6.07. The Kier molecular flexibility index (Phi) is 4.87. The smallest absolute Gasteiger partial charge is 0.288 e. The fourth-order valence-electron chi connectivity index (χ4n) is 2.37. The number of hydrogen-bond donors (Lipinski definition) is 1. The van der Waals surface area contributed by atoms with Gasteiger partial charge < -0.3 is 5.32 Å². The van der Waals surface area contributed by atoms with Crippen molar-refractivity contribution in [2.45, 2.75) is 49.3 Å². The molecule has 18 heavy (non-hydrogen) atoms. The van der Waals surface area contributed by atoms with Crippen molar-refractivity contribution in [3.8, 4) is 0 Å². The molecular formula is C14H19F2NS. The summed E-state index contributed by atoms with van der Waals surface area (Å²) in [6, 6.07) is 7.83. The first-order valence-electron chi connectivity index (χ1n) is 6.45. The number of thioether (sulfide) groups is 1. The quantitative estimate of drug-likeness (QED) is 0.774. The van der Waals surface area contributed by atoms with Crippen molar-refractivity contribution in [1.29, 1.82) is 0 Å². The number of nitrogens with one attached hydrogen (secondary N) is 1. The third-order valence-electron chi connectivity index (χ3n) is 3.47. The minimum Gasteiger partial charge on any atom is -0.382 e. The number of alkyl halides is 2. The molecule has 0 amide bonds. The molecule has 1 aliphatic rings. The molecule has 0 spiro atoms. The predicted octanol–water partition coefficient (Wildman–Crippen LogP) is 4.99. The van der Waals surface area contributed by atoms with Gasteiger partial charge in [0.15, 0.2) is 0 Å². The van der Waals surface area contributed by atoms with E-state index in [9.17, 15) is 8.78 Å². The van der Waals surface area contributed by atoms with E-state index in [1.165, 1.54) is 25.7 Å². The summed E-state index contributed by atoms with van der Waals surface area (Å²) in [5, 5.41) is 3.49. The Balaban J connectivity index is 1.86. The molecule has 1 aliphatic carbocycles. The van der Waals surface area contributed by atoms with Crippen molar-refractivity contribution in [3.63, 3.8) is 0 Å². The molecule has 0 aromatic heterocycles. The predicted molar refractivity (Wildman–Crippen MR) is 73.3 cm³/mol. The zero-order valence-corrected chi connectivity index (χ0v) is 11.4. The van der Waals surface area contributed by atoms with Crippen LogP contribution >= 0.6 is 11.8 Å². The van der Waals surface area contributed by atoms with E-state index in [4.69, 9.17) is 0 Å². The second-order valence-electron chi connectivity index (χ2n) is 5.00. The van der Waals surface area contributed by atoms with Crippen molar-refractivity contribution in [1.82, 2.24) is 0 Å². The van der Waals surface area contributed by atoms with Crippen LogP contribution in [0, 0.1) is 5.92 Å². The minimum absolute atomic E-state index is 0.537. The lowest BCUT2D eigenvalue weighted by molar-refractivity contribution is 0.252. The van der Waals surface area contributed by atoms with E-state index in [0.29, 0.717) is 22.7 Å². The van der Waals surface area contributed by atoms with Crippen LogP contribution in [0.15, 0.2) is 29.2 Å². The monoisotopic (exact) mass is 271 g/mol. The van der Waals surface area contributed by atoms with Gasteiger partial charge in [-0.3, -0.25) is 0 Å². The van der Waals surface area contributed by atoms with E-state index in [0.717, 1.165) is 11.6 Å². The molecule has 4 heteroatoms. The normalized spacial score (nSPS) is 24.2. The van der Waals surface area contributed by atoms with Crippen molar-refractivity contribution >= 4 is 17.4 Å². The second kappa shape index (κ2) is 6.41. The van der Waals surface area contributed by atoms with Gasteiger partial charge in [0.25, 0.3) is 5.76 Å². The van der Waals surface area contributed by atoms with E-state index in [-0.39, 0.29) is 0 Å². The molecule has 0 heterocycles. The maximum absolute atomic E-state index is 12.2. The van der Waals surface area contributed by atoms with Gasteiger partial charge in [-0.15, -0.1) is 0 Å². The van der Waals surface area contributed by atoms with Crippen molar-refractivity contribution < 1.29 is 8.78 Å². The van der Waals surface area contributed by atoms with Crippen molar-refractivity contribution in [2.24, 2.45) is 5.92 Å². The first-order valence-corrected chi connectivity index (χ1v) is 7.33. The van der Waals surface area contributed by atoms with E-state index >= 15 is 0 Å². The van der Waals surface area contributed by atoms with Crippen molar-refractivity contribution in [3.05, 3.63) is 24.3 Å². The van der Waals surface area contributed by atoms with Gasteiger partial charge >= 0.3 is 0 Å². The molecule has 0 bridgehead atoms. The zero-order valence-electron chi connectivity index (χ0n) is 10.5. The van der Waals surface area contributed by atoms with Gasteiger partial charge in [0.05, 0.1) is 0 Å². The first-order chi connectivity index (χ1) is 8.63. The lowest BCUT2D eigenvalue weighted by atomic mass is 9.87. The van der Waals surface area contributed by atoms with Gasteiger partial charge in [-0.2, -0.15) is 8.78 Å². The highest BCUT2D eigenvalue weighted by atomic mass is 32.2. The standard InChI is InChI=1S/C14H19F2NS/c1-10-2-4-11(5-3-10)17-12-6-8-13(9-7-12)18-14(15)16/h6-11,14,17H,2-5H2,1H3. The maximum Gasteiger partial charge on any atom is 0.288 e.